The summed E-state index contributed by atoms with van der Waals surface area (Å²) in [4.78, 5) is 7.71. The van der Waals surface area contributed by atoms with Crippen molar-refractivity contribution in [1.82, 2.24) is 29.9 Å². The number of aromatic amines is 1. The highest BCUT2D eigenvalue weighted by molar-refractivity contribution is 6.03. The molecule has 0 aliphatic heterocycles. The van der Waals surface area contributed by atoms with E-state index in [1.165, 1.54) is 0 Å². The van der Waals surface area contributed by atoms with Crippen LogP contribution in [0, 0.1) is 13.8 Å². The van der Waals surface area contributed by atoms with Gasteiger partial charge >= 0.3 is 0 Å². The molecular formula is C21H18N8. The van der Waals surface area contributed by atoms with E-state index in [9.17, 15) is 0 Å². The third kappa shape index (κ3) is 3.00. The van der Waals surface area contributed by atoms with Crippen molar-refractivity contribution < 1.29 is 0 Å². The zero-order chi connectivity index (χ0) is 19.8. The molecule has 0 fully saturated rings. The van der Waals surface area contributed by atoms with Gasteiger partial charge in [0.05, 0.1) is 23.3 Å². The summed E-state index contributed by atoms with van der Waals surface area (Å²) in [6.45, 7) is 3.98. The van der Waals surface area contributed by atoms with Crippen LogP contribution in [0.25, 0.3) is 27.8 Å². The third-order valence-corrected chi connectivity index (χ3v) is 4.83. The molecule has 2 aromatic carbocycles. The van der Waals surface area contributed by atoms with E-state index >= 15 is 0 Å². The highest BCUT2D eigenvalue weighted by atomic mass is 15.4. The van der Waals surface area contributed by atoms with Crippen molar-refractivity contribution in [2.75, 3.05) is 5.43 Å². The SMILES string of the molecule is Cc1nn(-c2ccccc2)c(C)c1C=NNc1nnc2c(n1)[nH]c1ccccc12. The number of H-pyrrole nitrogens is 1. The Morgan fingerprint density at radius 3 is 2.66 bits per heavy atom. The van der Waals surface area contributed by atoms with E-state index in [1.807, 2.05) is 73.1 Å². The van der Waals surface area contributed by atoms with E-state index in [1.54, 1.807) is 6.21 Å². The van der Waals surface area contributed by atoms with Crippen LogP contribution in [-0.2, 0) is 0 Å². The average Bonchev–Trinajstić information content (AvgIpc) is 3.26. The van der Waals surface area contributed by atoms with Gasteiger partial charge in [0.1, 0.15) is 5.52 Å². The van der Waals surface area contributed by atoms with Gasteiger partial charge in [-0.1, -0.05) is 36.4 Å². The fourth-order valence-corrected chi connectivity index (χ4v) is 3.38. The Morgan fingerprint density at radius 2 is 1.79 bits per heavy atom. The number of hydrogen-bond donors (Lipinski definition) is 2. The van der Waals surface area contributed by atoms with Crippen molar-refractivity contribution in [3.8, 4) is 5.69 Å². The number of nitrogens with zero attached hydrogens (tertiary/aromatic N) is 6. The van der Waals surface area contributed by atoms with Crippen LogP contribution < -0.4 is 5.43 Å². The molecule has 0 saturated heterocycles. The molecule has 8 heteroatoms. The summed E-state index contributed by atoms with van der Waals surface area (Å²) in [6.07, 6.45) is 1.73. The van der Waals surface area contributed by atoms with Crippen molar-refractivity contribution in [3.05, 3.63) is 71.5 Å². The first-order valence-corrected chi connectivity index (χ1v) is 9.22. The van der Waals surface area contributed by atoms with Gasteiger partial charge in [0, 0.05) is 16.5 Å². The number of para-hydroxylation sites is 2. The summed E-state index contributed by atoms with van der Waals surface area (Å²) < 4.78 is 1.91. The molecule has 2 N–H and O–H groups in total. The van der Waals surface area contributed by atoms with Crippen LogP contribution in [-0.4, -0.2) is 36.2 Å². The second kappa shape index (κ2) is 6.83. The first kappa shape index (κ1) is 17.1. The fourth-order valence-electron chi connectivity index (χ4n) is 3.38. The fraction of sp³-hybridized carbons (Fsp3) is 0.0952. The first-order chi connectivity index (χ1) is 14.2. The maximum absolute atomic E-state index is 4.62. The van der Waals surface area contributed by atoms with E-state index in [0.717, 1.165) is 39.1 Å². The van der Waals surface area contributed by atoms with Gasteiger partial charge < -0.3 is 4.98 Å². The highest BCUT2D eigenvalue weighted by Gasteiger charge is 2.11. The van der Waals surface area contributed by atoms with Gasteiger partial charge in [-0.3, -0.25) is 0 Å². The first-order valence-electron chi connectivity index (χ1n) is 9.22. The number of aromatic nitrogens is 6. The number of benzene rings is 2. The Balaban J connectivity index is 1.41. The monoisotopic (exact) mass is 382 g/mol. The van der Waals surface area contributed by atoms with E-state index in [4.69, 9.17) is 0 Å². The van der Waals surface area contributed by atoms with Crippen molar-refractivity contribution in [2.24, 2.45) is 5.10 Å². The summed E-state index contributed by atoms with van der Waals surface area (Å²) in [5, 5.41) is 18.3. The second-order valence-corrected chi connectivity index (χ2v) is 6.71. The predicted octanol–water partition coefficient (Wildman–Crippen LogP) is 3.75. The topological polar surface area (TPSA) is 96.7 Å². The number of rotatable bonds is 4. The molecule has 5 aromatic rings. The molecule has 0 radical (unpaired) electrons. The Bertz CT molecular complexity index is 1350. The van der Waals surface area contributed by atoms with Crippen LogP contribution in [0.5, 0.6) is 0 Å². The molecule has 0 amide bonds. The van der Waals surface area contributed by atoms with Crippen LogP contribution in [0.1, 0.15) is 17.0 Å². The predicted molar refractivity (Wildman–Crippen MR) is 113 cm³/mol. The number of nitrogens with one attached hydrogen (secondary N) is 2. The van der Waals surface area contributed by atoms with Crippen molar-refractivity contribution in [3.63, 3.8) is 0 Å². The van der Waals surface area contributed by atoms with Crippen LogP contribution in [0.3, 0.4) is 0 Å². The number of aryl methyl sites for hydroxylation is 1. The van der Waals surface area contributed by atoms with Crippen LogP contribution in [0.4, 0.5) is 5.95 Å². The van der Waals surface area contributed by atoms with Crippen molar-refractivity contribution in [2.45, 2.75) is 13.8 Å². The standard InChI is InChI=1S/C21H18N8/c1-13-17(14(2)29(28-13)15-8-4-3-5-9-15)12-22-26-21-24-20-19(25-27-21)16-10-6-7-11-18(16)23-20/h3-12H,1-2H3,(H2,23,24,26,27). The number of hydrogen-bond acceptors (Lipinski definition) is 6. The molecule has 0 aliphatic carbocycles. The minimum Gasteiger partial charge on any atom is -0.338 e. The van der Waals surface area contributed by atoms with E-state index < -0.39 is 0 Å². The summed E-state index contributed by atoms with van der Waals surface area (Å²) in [5.41, 5.74) is 9.10. The zero-order valence-corrected chi connectivity index (χ0v) is 16.0. The molecule has 0 aliphatic rings. The molecule has 0 bridgehead atoms. The molecule has 0 atom stereocenters. The maximum Gasteiger partial charge on any atom is 0.265 e. The Labute approximate surface area is 166 Å². The molecule has 8 nitrogen and oxygen atoms in total. The van der Waals surface area contributed by atoms with Gasteiger partial charge in [0.25, 0.3) is 5.95 Å². The van der Waals surface area contributed by atoms with Crippen LogP contribution in [0.2, 0.25) is 0 Å². The van der Waals surface area contributed by atoms with E-state index in [0.29, 0.717) is 11.6 Å². The smallest absolute Gasteiger partial charge is 0.265 e. The normalized spacial score (nSPS) is 11.7. The Kier molecular flexibility index (Phi) is 4.02. The lowest BCUT2D eigenvalue weighted by molar-refractivity contribution is 0.833. The van der Waals surface area contributed by atoms with Gasteiger partial charge in [0.15, 0.2) is 5.65 Å². The second-order valence-electron chi connectivity index (χ2n) is 6.71. The minimum atomic E-state index is 0.325. The van der Waals surface area contributed by atoms with E-state index in [-0.39, 0.29) is 0 Å². The minimum absolute atomic E-state index is 0.325. The van der Waals surface area contributed by atoms with Crippen LogP contribution >= 0.6 is 0 Å². The summed E-state index contributed by atoms with van der Waals surface area (Å²) in [6, 6.07) is 17.9. The Hall–Kier alpha value is -4.07. The molecule has 0 unspecified atom stereocenters. The third-order valence-electron chi connectivity index (χ3n) is 4.83. The van der Waals surface area contributed by atoms with Gasteiger partial charge in [-0.2, -0.15) is 15.2 Å². The molecule has 5 rings (SSSR count). The molecule has 29 heavy (non-hydrogen) atoms. The summed E-state index contributed by atoms with van der Waals surface area (Å²) in [7, 11) is 0. The molecular weight excluding hydrogens is 364 g/mol. The molecule has 142 valence electrons. The lowest BCUT2D eigenvalue weighted by atomic mass is 10.2. The molecule has 0 spiro atoms. The molecule has 0 saturated carbocycles. The average molecular weight is 382 g/mol. The summed E-state index contributed by atoms with van der Waals surface area (Å²) in [5.74, 6) is 0.325. The van der Waals surface area contributed by atoms with Gasteiger partial charge in [-0.15, -0.1) is 10.2 Å². The van der Waals surface area contributed by atoms with Crippen LogP contribution in [0.15, 0.2) is 59.7 Å². The van der Waals surface area contributed by atoms with Gasteiger partial charge in [0.2, 0.25) is 0 Å². The molecule has 3 heterocycles. The zero-order valence-electron chi connectivity index (χ0n) is 16.0. The number of fused-ring (bicyclic) bond motifs is 3. The number of hydrazone groups is 1. The van der Waals surface area contributed by atoms with Gasteiger partial charge in [-0.05, 0) is 32.0 Å². The maximum atomic E-state index is 4.62. The van der Waals surface area contributed by atoms with Crippen molar-refractivity contribution >= 4 is 34.2 Å². The van der Waals surface area contributed by atoms with E-state index in [2.05, 4.69) is 35.8 Å². The van der Waals surface area contributed by atoms with Gasteiger partial charge in [-0.25, -0.2) is 10.1 Å². The highest BCUT2D eigenvalue weighted by Crippen LogP contribution is 2.22. The largest absolute Gasteiger partial charge is 0.338 e. The quantitative estimate of drug-likeness (QED) is 0.364. The summed E-state index contributed by atoms with van der Waals surface area (Å²) >= 11 is 0. The van der Waals surface area contributed by atoms with Crippen molar-refractivity contribution in [1.29, 1.82) is 0 Å². The lowest BCUT2D eigenvalue weighted by Crippen LogP contribution is -2.00. The Morgan fingerprint density at radius 1 is 1.00 bits per heavy atom. The lowest BCUT2D eigenvalue weighted by Gasteiger charge is -2.03. The molecule has 3 aromatic heterocycles. The number of anilines is 1.